The second-order valence-electron chi connectivity index (χ2n) is 5.00. The first-order chi connectivity index (χ1) is 8.72. The van der Waals surface area contributed by atoms with E-state index in [0.29, 0.717) is 25.6 Å². The average Bonchev–Trinajstić information content (AvgIpc) is 2.37. The lowest BCUT2D eigenvalue weighted by molar-refractivity contribution is -0.120. The topological polar surface area (TPSA) is 70.6 Å². The fourth-order valence-corrected chi connectivity index (χ4v) is 2.25. The number of aliphatic hydroxyl groups is 1. The molecule has 1 fully saturated rings. The van der Waals surface area contributed by atoms with Crippen molar-refractivity contribution in [3.63, 3.8) is 0 Å². The molecule has 0 unspecified atom stereocenters. The number of hydrogen-bond donors (Lipinski definition) is 3. The summed E-state index contributed by atoms with van der Waals surface area (Å²) in [5.74, 6) is 0.650. The Morgan fingerprint density at radius 1 is 1.33 bits per heavy atom. The van der Waals surface area contributed by atoms with E-state index in [-0.39, 0.29) is 12.0 Å². The van der Waals surface area contributed by atoms with E-state index in [0.717, 1.165) is 38.6 Å². The highest BCUT2D eigenvalue weighted by molar-refractivity contribution is 5.77. The van der Waals surface area contributed by atoms with Crippen LogP contribution in [0.1, 0.15) is 32.1 Å². The van der Waals surface area contributed by atoms with Crippen molar-refractivity contribution in [3.05, 3.63) is 0 Å². The average molecular weight is 258 g/mol. The number of carbonyl (C=O) groups excluding carboxylic acids is 1. The first-order valence-corrected chi connectivity index (χ1v) is 6.86. The number of hydrogen-bond acceptors (Lipinski definition) is 4. The van der Waals surface area contributed by atoms with Gasteiger partial charge >= 0.3 is 0 Å². The molecule has 1 amide bonds. The number of methoxy groups -OCH3 is 1. The monoisotopic (exact) mass is 258 g/mol. The molecule has 0 aromatic heterocycles. The van der Waals surface area contributed by atoms with E-state index in [2.05, 4.69) is 10.6 Å². The number of amides is 1. The van der Waals surface area contributed by atoms with Gasteiger partial charge in [0.1, 0.15) is 0 Å². The summed E-state index contributed by atoms with van der Waals surface area (Å²) < 4.78 is 4.91. The molecular weight excluding hydrogens is 232 g/mol. The number of ether oxygens (including phenoxy) is 1. The highest BCUT2D eigenvalue weighted by Crippen LogP contribution is 2.23. The Kier molecular flexibility index (Phi) is 7.96. The quantitative estimate of drug-likeness (QED) is 0.547. The molecule has 0 aliphatic heterocycles. The Labute approximate surface area is 109 Å². The minimum Gasteiger partial charge on any atom is -0.393 e. The predicted octanol–water partition coefficient (Wildman–Crippen LogP) is 0.280. The van der Waals surface area contributed by atoms with Crippen LogP contribution in [0, 0.1) is 5.92 Å². The summed E-state index contributed by atoms with van der Waals surface area (Å²) in [6, 6.07) is 0. The molecule has 0 radical (unpaired) electrons. The lowest BCUT2D eigenvalue weighted by atomic mass is 9.87. The van der Waals surface area contributed by atoms with E-state index in [9.17, 15) is 9.90 Å². The molecule has 0 spiro atoms. The summed E-state index contributed by atoms with van der Waals surface area (Å²) in [7, 11) is 1.66. The van der Waals surface area contributed by atoms with Gasteiger partial charge in [0.25, 0.3) is 0 Å². The molecule has 3 N–H and O–H groups in total. The zero-order chi connectivity index (χ0) is 13.2. The first kappa shape index (κ1) is 15.4. The van der Waals surface area contributed by atoms with Crippen molar-refractivity contribution in [3.8, 4) is 0 Å². The van der Waals surface area contributed by atoms with E-state index in [1.807, 2.05) is 0 Å². The van der Waals surface area contributed by atoms with E-state index in [1.165, 1.54) is 0 Å². The third-order valence-corrected chi connectivity index (χ3v) is 3.38. The Bertz CT molecular complexity index is 228. The van der Waals surface area contributed by atoms with Gasteiger partial charge in [0.05, 0.1) is 12.6 Å². The summed E-state index contributed by atoms with van der Waals surface area (Å²) >= 11 is 0. The van der Waals surface area contributed by atoms with Crippen molar-refractivity contribution in [2.45, 2.75) is 38.2 Å². The highest BCUT2D eigenvalue weighted by atomic mass is 16.5. The molecule has 1 aliphatic carbocycles. The molecule has 0 aromatic carbocycles. The number of aliphatic hydroxyl groups excluding tert-OH is 1. The molecule has 5 nitrogen and oxygen atoms in total. The van der Waals surface area contributed by atoms with E-state index < -0.39 is 0 Å². The van der Waals surface area contributed by atoms with Crippen molar-refractivity contribution in [1.29, 1.82) is 0 Å². The van der Waals surface area contributed by atoms with Gasteiger partial charge in [-0.25, -0.2) is 0 Å². The normalized spacial score (nSPS) is 23.9. The molecular formula is C13H26N2O3. The zero-order valence-corrected chi connectivity index (χ0v) is 11.3. The maximum Gasteiger partial charge on any atom is 0.233 e. The molecule has 1 rings (SSSR count). The standard InChI is InChI=1S/C13H26N2O3/c1-18-8-2-7-15-13(17)10-14-9-11-3-5-12(16)6-4-11/h11-12,14,16H,2-10H2,1H3,(H,15,17). The van der Waals surface area contributed by atoms with E-state index in [4.69, 9.17) is 4.74 Å². The predicted molar refractivity (Wildman–Crippen MR) is 70.3 cm³/mol. The maximum atomic E-state index is 11.4. The SMILES string of the molecule is COCCCNC(=O)CNCC1CCC(O)CC1. The van der Waals surface area contributed by atoms with Gasteiger partial charge in [0, 0.05) is 20.3 Å². The van der Waals surface area contributed by atoms with E-state index in [1.54, 1.807) is 7.11 Å². The van der Waals surface area contributed by atoms with Gasteiger partial charge in [-0.15, -0.1) is 0 Å². The van der Waals surface area contributed by atoms with Crippen LogP contribution >= 0.6 is 0 Å². The van der Waals surface area contributed by atoms with Gasteiger partial charge in [0.2, 0.25) is 5.91 Å². The lowest BCUT2D eigenvalue weighted by Crippen LogP contribution is -2.37. The molecule has 0 bridgehead atoms. The minimum absolute atomic E-state index is 0.0435. The van der Waals surface area contributed by atoms with Gasteiger partial charge in [-0.2, -0.15) is 0 Å². The third-order valence-electron chi connectivity index (χ3n) is 3.38. The summed E-state index contributed by atoms with van der Waals surface area (Å²) in [6.07, 6.45) is 4.66. The summed E-state index contributed by atoms with van der Waals surface area (Å²) in [6.45, 7) is 2.60. The van der Waals surface area contributed by atoms with Crippen molar-refractivity contribution < 1.29 is 14.6 Å². The van der Waals surface area contributed by atoms with Crippen LogP contribution in [0.25, 0.3) is 0 Å². The maximum absolute atomic E-state index is 11.4. The minimum atomic E-state index is -0.106. The van der Waals surface area contributed by atoms with Crippen LogP contribution in [0.15, 0.2) is 0 Å². The van der Waals surface area contributed by atoms with Crippen LogP contribution in [0.5, 0.6) is 0 Å². The third kappa shape index (κ3) is 6.93. The van der Waals surface area contributed by atoms with Crippen molar-refractivity contribution >= 4 is 5.91 Å². The number of carbonyl (C=O) groups is 1. The lowest BCUT2D eigenvalue weighted by Gasteiger charge is -2.25. The Hall–Kier alpha value is -0.650. The second kappa shape index (κ2) is 9.30. The molecule has 0 saturated heterocycles. The van der Waals surface area contributed by atoms with Crippen LogP contribution in [-0.2, 0) is 9.53 Å². The van der Waals surface area contributed by atoms with Crippen LogP contribution < -0.4 is 10.6 Å². The van der Waals surface area contributed by atoms with E-state index >= 15 is 0 Å². The summed E-state index contributed by atoms with van der Waals surface area (Å²) in [4.78, 5) is 11.4. The molecule has 18 heavy (non-hydrogen) atoms. The van der Waals surface area contributed by atoms with Gasteiger partial charge in [0.15, 0.2) is 0 Å². The van der Waals surface area contributed by atoms with Crippen molar-refractivity contribution in [2.75, 3.05) is 33.4 Å². The van der Waals surface area contributed by atoms with Crippen LogP contribution in [0.2, 0.25) is 0 Å². The Balaban J connectivity index is 1.95. The molecule has 0 aromatic rings. The van der Waals surface area contributed by atoms with Crippen LogP contribution in [0.4, 0.5) is 0 Å². The molecule has 0 atom stereocenters. The van der Waals surface area contributed by atoms with Crippen molar-refractivity contribution in [1.82, 2.24) is 10.6 Å². The van der Waals surface area contributed by atoms with Gasteiger partial charge in [-0.1, -0.05) is 0 Å². The first-order valence-electron chi connectivity index (χ1n) is 6.86. The molecule has 1 saturated carbocycles. The van der Waals surface area contributed by atoms with Crippen LogP contribution in [0.3, 0.4) is 0 Å². The van der Waals surface area contributed by atoms with Crippen LogP contribution in [-0.4, -0.2) is 50.5 Å². The smallest absolute Gasteiger partial charge is 0.233 e. The van der Waals surface area contributed by atoms with Crippen molar-refractivity contribution in [2.24, 2.45) is 5.92 Å². The summed E-state index contributed by atoms with van der Waals surface area (Å²) in [5.41, 5.74) is 0. The highest BCUT2D eigenvalue weighted by Gasteiger charge is 2.18. The molecule has 0 heterocycles. The zero-order valence-electron chi connectivity index (χ0n) is 11.3. The fourth-order valence-electron chi connectivity index (χ4n) is 2.25. The van der Waals surface area contributed by atoms with Gasteiger partial charge in [-0.3, -0.25) is 4.79 Å². The molecule has 5 heteroatoms. The fraction of sp³-hybridized carbons (Fsp3) is 0.923. The Morgan fingerprint density at radius 3 is 2.72 bits per heavy atom. The molecule has 106 valence electrons. The second-order valence-corrected chi connectivity index (χ2v) is 5.00. The number of nitrogens with one attached hydrogen (secondary N) is 2. The largest absolute Gasteiger partial charge is 0.393 e. The summed E-state index contributed by atoms with van der Waals surface area (Å²) in [5, 5.41) is 15.4. The number of rotatable bonds is 8. The Morgan fingerprint density at radius 2 is 2.06 bits per heavy atom. The van der Waals surface area contributed by atoms with Gasteiger partial charge in [-0.05, 0) is 44.6 Å². The van der Waals surface area contributed by atoms with Gasteiger partial charge < -0.3 is 20.5 Å². The molecule has 1 aliphatic rings.